The standard InChI is InChI=1S/C19H15NO2.C19H15NO/c21-18-8-4-7-16(13-18)14-9-11-17(12-10-14)20-19(22)15-5-2-1-3-6-15;21-19(17-9-5-2-6-10-17)20-18-13-11-16(12-14-18)15-7-3-1-4-8-15/h1-13,21H,(H,20,22);1-14H,(H,20,21). The molecule has 43 heavy (non-hydrogen) atoms. The largest absolute Gasteiger partial charge is 0.508 e. The van der Waals surface area contributed by atoms with E-state index in [1.807, 2.05) is 109 Å². The van der Waals surface area contributed by atoms with Gasteiger partial charge in [0, 0.05) is 22.5 Å². The lowest BCUT2D eigenvalue weighted by Gasteiger charge is -2.07. The van der Waals surface area contributed by atoms with Gasteiger partial charge in [-0.25, -0.2) is 0 Å². The zero-order valence-corrected chi connectivity index (χ0v) is 23.4. The zero-order valence-electron chi connectivity index (χ0n) is 23.4. The Bertz CT molecular complexity index is 1770. The number of benzene rings is 6. The van der Waals surface area contributed by atoms with Gasteiger partial charge in [-0.2, -0.15) is 0 Å². The Kier molecular flexibility index (Phi) is 9.38. The predicted octanol–water partition coefficient (Wildman–Crippen LogP) is 8.92. The molecule has 0 radical (unpaired) electrons. The number of phenolic OH excluding ortho intramolecular Hbond substituents is 1. The molecule has 0 fully saturated rings. The molecular formula is C38H30N2O3. The average Bonchev–Trinajstić information content (AvgIpc) is 3.07. The van der Waals surface area contributed by atoms with Crippen molar-refractivity contribution in [3.63, 3.8) is 0 Å². The van der Waals surface area contributed by atoms with Crippen molar-refractivity contribution < 1.29 is 14.7 Å². The number of phenols is 1. The van der Waals surface area contributed by atoms with E-state index in [0.29, 0.717) is 11.1 Å². The van der Waals surface area contributed by atoms with Gasteiger partial charge in [0.1, 0.15) is 5.75 Å². The van der Waals surface area contributed by atoms with E-state index in [-0.39, 0.29) is 17.6 Å². The second kappa shape index (κ2) is 14.1. The van der Waals surface area contributed by atoms with Gasteiger partial charge in [-0.05, 0) is 82.9 Å². The number of amides is 2. The van der Waals surface area contributed by atoms with E-state index in [2.05, 4.69) is 22.8 Å². The summed E-state index contributed by atoms with van der Waals surface area (Å²) in [6.07, 6.45) is 0. The highest BCUT2D eigenvalue weighted by Gasteiger charge is 2.06. The SMILES string of the molecule is O=C(Nc1ccc(-c2cccc(O)c2)cc1)c1ccccc1.O=C(Nc1ccc(-c2ccccc2)cc1)c1ccccc1. The van der Waals surface area contributed by atoms with Gasteiger partial charge in [-0.15, -0.1) is 0 Å². The summed E-state index contributed by atoms with van der Waals surface area (Å²) in [5, 5.41) is 15.3. The Labute approximate surface area is 251 Å². The Hall–Kier alpha value is -5.94. The van der Waals surface area contributed by atoms with Gasteiger partial charge in [0.15, 0.2) is 0 Å². The lowest BCUT2D eigenvalue weighted by Crippen LogP contribution is -2.11. The number of aromatic hydroxyl groups is 1. The summed E-state index contributed by atoms with van der Waals surface area (Å²) in [7, 11) is 0. The average molecular weight is 563 g/mol. The normalized spacial score (nSPS) is 10.1. The maximum Gasteiger partial charge on any atom is 0.255 e. The fraction of sp³-hybridized carbons (Fsp3) is 0. The highest BCUT2D eigenvalue weighted by atomic mass is 16.3. The van der Waals surface area contributed by atoms with E-state index < -0.39 is 0 Å². The molecule has 0 saturated carbocycles. The smallest absolute Gasteiger partial charge is 0.255 e. The summed E-state index contributed by atoms with van der Waals surface area (Å²) in [6.45, 7) is 0. The number of carbonyl (C=O) groups excluding carboxylic acids is 2. The number of hydrogen-bond acceptors (Lipinski definition) is 3. The van der Waals surface area contributed by atoms with E-state index in [4.69, 9.17) is 0 Å². The van der Waals surface area contributed by atoms with Gasteiger partial charge in [0.05, 0.1) is 0 Å². The van der Waals surface area contributed by atoms with Crippen LogP contribution in [0.4, 0.5) is 11.4 Å². The van der Waals surface area contributed by atoms with E-state index >= 15 is 0 Å². The monoisotopic (exact) mass is 562 g/mol. The van der Waals surface area contributed by atoms with Crippen LogP contribution in [0.2, 0.25) is 0 Å². The first-order valence-corrected chi connectivity index (χ1v) is 13.8. The summed E-state index contributed by atoms with van der Waals surface area (Å²) in [6, 6.07) is 50.9. The first-order valence-electron chi connectivity index (χ1n) is 13.8. The van der Waals surface area contributed by atoms with Gasteiger partial charge < -0.3 is 15.7 Å². The molecule has 5 nitrogen and oxygen atoms in total. The Morgan fingerprint density at radius 3 is 1.21 bits per heavy atom. The van der Waals surface area contributed by atoms with E-state index in [9.17, 15) is 14.7 Å². The topological polar surface area (TPSA) is 78.4 Å². The Morgan fingerprint density at radius 1 is 0.395 bits per heavy atom. The van der Waals surface area contributed by atoms with Gasteiger partial charge in [0.2, 0.25) is 0 Å². The predicted molar refractivity (Wildman–Crippen MR) is 174 cm³/mol. The number of rotatable bonds is 6. The van der Waals surface area contributed by atoms with Crippen LogP contribution >= 0.6 is 0 Å². The van der Waals surface area contributed by atoms with Gasteiger partial charge in [-0.1, -0.05) is 103 Å². The molecule has 0 aliphatic heterocycles. The summed E-state index contributed by atoms with van der Waals surface area (Å²) in [5.41, 5.74) is 7.02. The van der Waals surface area contributed by atoms with Gasteiger partial charge >= 0.3 is 0 Å². The van der Waals surface area contributed by atoms with Gasteiger partial charge in [0.25, 0.3) is 11.8 Å². The molecular weight excluding hydrogens is 532 g/mol. The minimum Gasteiger partial charge on any atom is -0.508 e. The first kappa shape index (κ1) is 28.6. The summed E-state index contributed by atoms with van der Waals surface area (Å²) in [4.78, 5) is 24.1. The number of anilines is 2. The molecule has 0 aliphatic carbocycles. The number of hydrogen-bond donors (Lipinski definition) is 3. The second-order valence-electron chi connectivity index (χ2n) is 9.71. The van der Waals surface area contributed by atoms with Crippen molar-refractivity contribution >= 4 is 23.2 Å². The summed E-state index contributed by atoms with van der Waals surface area (Å²) < 4.78 is 0. The van der Waals surface area contributed by atoms with Crippen molar-refractivity contribution in [3.05, 3.63) is 175 Å². The fourth-order valence-electron chi connectivity index (χ4n) is 4.39. The molecule has 6 rings (SSSR count). The number of carbonyl (C=O) groups is 2. The Morgan fingerprint density at radius 2 is 0.767 bits per heavy atom. The van der Waals surface area contributed by atoms with Crippen LogP contribution in [0.3, 0.4) is 0 Å². The second-order valence-corrected chi connectivity index (χ2v) is 9.71. The van der Waals surface area contributed by atoms with E-state index in [1.165, 1.54) is 5.56 Å². The van der Waals surface area contributed by atoms with Crippen LogP contribution in [-0.4, -0.2) is 16.9 Å². The van der Waals surface area contributed by atoms with Crippen LogP contribution in [0.5, 0.6) is 5.75 Å². The Balaban J connectivity index is 0.000000171. The van der Waals surface area contributed by atoms with Crippen molar-refractivity contribution in [2.45, 2.75) is 0 Å². The maximum absolute atomic E-state index is 12.1. The summed E-state index contributed by atoms with van der Waals surface area (Å²) in [5.74, 6) is 0.00715. The molecule has 0 unspecified atom stereocenters. The minimum absolute atomic E-state index is 0.0944. The molecule has 3 N–H and O–H groups in total. The molecule has 0 bridgehead atoms. The fourth-order valence-corrected chi connectivity index (χ4v) is 4.39. The molecule has 6 aromatic carbocycles. The van der Waals surface area contributed by atoms with Crippen molar-refractivity contribution in [3.8, 4) is 28.0 Å². The molecule has 210 valence electrons. The lowest BCUT2D eigenvalue weighted by atomic mass is 10.1. The van der Waals surface area contributed by atoms with E-state index in [0.717, 1.165) is 28.1 Å². The molecule has 2 amide bonds. The van der Waals surface area contributed by atoms with E-state index in [1.54, 1.807) is 42.5 Å². The lowest BCUT2D eigenvalue weighted by molar-refractivity contribution is 0.101. The molecule has 0 aliphatic rings. The van der Waals surface area contributed by atoms with Crippen LogP contribution in [0, 0.1) is 0 Å². The van der Waals surface area contributed by atoms with Crippen LogP contribution in [0.25, 0.3) is 22.3 Å². The maximum atomic E-state index is 12.1. The third-order valence-corrected chi connectivity index (χ3v) is 6.64. The zero-order chi connectivity index (χ0) is 29.9. The van der Waals surface area contributed by atoms with Crippen LogP contribution in [0.15, 0.2) is 164 Å². The third-order valence-electron chi connectivity index (χ3n) is 6.64. The van der Waals surface area contributed by atoms with Crippen molar-refractivity contribution in [1.82, 2.24) is 0 Å². The highest BCUT2D eigenvalue weighted by molar-refractivity contribution is 6.05. The van der Waals surface area contributed by atoms with Crippen LogP contribution in [0.1, 0.15) is 20.7 Å². The minimum atomic E-state index is -0.134. The van der Waals surface area contributed by atoms with Crippen LogP contribution < -0.4 is 10.6 Å². The molecule has 0 heterocycles. The quantitative estimate of drug-likeness (QED) is 0.190. The third kappa shape index (κ3) is 8.06. The molecule has 0 spiro atoms. The summed E-state index contributed by atoms with van der Waals surface area (Å²) >= 11 is 0. The number of nitrogens with one attached hydrogen (secondary N) is 2. The molecule has 0 aromatic heterocycles. The molecule has 0 saturated heterocycles. The first-order chi connectivity index (χ1) is 21.0. The molecule has 0 atom stereocenters. The van der Waals surface area contributed by atoms with Crippen molar-refractivity contribution in [1.29, 1.82) is 0 Å². The highest BCUT2D eigenvalue weighted by Crippen LogP contribution is 2.25. The molecule has 6 aromatic rings. The van der Waals surface area contributed by atoms with Gasteiger partial charge in [-0.3, -0.25) is 9.59 Å². The molecule has 5 heteroatoms. The van der Waals surface area contributed by atoms with Crippen molar-refractivity contribution in [2.75, 3.05) is 10.6 Å². The van der Waals surface area contributed by atoms with Crippen molar-refractivity contribution in [2.24, 2.45) is 0 Å². The van der Waals surface area contributed by atoms with Crippen LogP contribution in [-0.2, 0) is 0 Å².